The van der Waals surface area contributed by atoms with Crippen molar-refractivity contribution in [2.24, 2.45) is 11.1 Å². The van der Waals surface area contributed by atoms with Gasteiger partial charge in [0.1, 0.15) is 0 Å². The van der Waals surface area contributed by atoms with Crippen molar-refractivity contribution in [3.05, 3.63) is 0 Å². The number of oxime groups is 1. The molecule has 1 atom stereocenters. The molecule has 0 aromatic heterocycles. The maximum atomic E-state index is 11.9. The summed E-state index contributed by atoms with van der Waals surface area (Å²) in [6.07, 6.45) is 2.38. The molecular formula is C9H17N3O3S. The largest absolute Gasteiger partial charge is 0.411 e. The van der Waals surface area contributed by atoms with E-state index in [-0.39, 0.29) is 12.0 Å². The van der Waals surface area contributed by atoms with Gasteiger partial charge in [-0.3, -0.25) is 0 Å². The van der Waals surface area contributed by atoms with E-state index < -0.39 is 10.2 Å². The van der Waals surface area contributed by atoms with E-state index in [2.05, 4.69) is 9.88 Å². The number of hydrogen-bond acceptors (Lipinski definition) is 4. The van der Waals surface area contributed by atoms with Crippen LogP contribution in [0.2, 0.25) is 0 Å². The molecule has 2 fully saturated rings. The predicted molar refractivity (Wildman–Crippen MR) is 59.7 cm³/mol. The van der Waals surface area contributed by atoms with E-state index in [1.807, 2.05) is 6.92 Å². The van der Waals surface area contributed by atoms with Crippen LogP contribution in [0, 0.1) is 5.92 Å². The third-order valence-electron chi connectivity index (χ3n) is 3.03. The Bertz CT molecular complexity index is 389. The summed E-state index contributed by atoms with van der Waals surface area (Å²) in [4.78, 5) is 0. The van der Waals surface area contributed by atoms with Crippen LogP contribution in [-0.2, 0) is 10.2 Å². The zero-order valence-corrected chi connectivity index (χ0v) is 10.1. The molecule has 2 rings (SSSR count). The highest BCUT2D eigenvalue weighted by atomic mass is 32.2. The van der Waals surface area contributed by atoms with Gasteiger partial charge in [0.05, 0.1) is 5.71 Å². The lowest BCUT2D eigenvalue weighted by molar-refractivity contribution is 0.299. The molecular weight excluding hydrogens is 230 g/mol. The van der Waals surface area contributed by atoms with Crippen molar-refractivity contribution < 1.29 is 13.6 Å². The highest BCUT2D eigenvalue weighted by Gasteiger charge is 2.34. The third kappa shape index (κ3) is 2.53. The van der Waals surface area contributed by atoms with E-state index >= 15 is 0 Å². The highest BCUT2D eigenvalue weighted by Crippen LogP contribution is 2.22. The lowest BCUT2D eigenvalue weighted by atomic mass is 10.00. The van der Waals surface area contributed by atoms with E-state index in [1.54, 1.807) is 0 Å². The Morgan fingerprint density at radius 1 is 1.50 bits per heavy atom. The Kier molecular flexibility index (Phi) is 3.18. The van der Waals surface area contributed by atoms with Crippen LogP contribution in [0.1, 0.15) is 26.2 Å². The smallest absolute Gasteiger partial charge is 0.279 e. The molecule has 16 heavy (non-hydrogen) atoms. The molecule has 2 N–H and O–H groups in total. The van der Waals surface area contributed by atoms with Crippen LogP contribution in [0.25, 0.3) is 0 Å². The Morgan fingerprint density at radius 3 is 2.69 bits per heavy atom. The fraction of sp³-hybridized carbons (Fsp3) is 0.889. The van der Waals surface area contributed by atoms with Gasteiger partial charge in [0.2, 0.25) is 0 Å². The second-order valence-electron chi connectivity index (χ2n) is 4.50. The van der Waals surface area contributed by atoms with Crippen molar-refractivity contribution in [2.45, 2.75) is 32.2 Å². The normalized spacial score (nSPS) is 30.8. The SMILES string of the molecule is CC1CN(S(=O)(=O)NC2CC2)CCC1=NO. The topological polar surface area (TPSA) is 82.0 Å². The van der Waals surface area contributed by atoms with Crippen molar-refractivity contribution in [1.82, 2.24) is 9.03 Å². The summed E-state index contributed by atoms with van der Waals surface area (Å²) in [6, 6.07) is 0.133. The summed E-state index contributed by atoms with van der Waals surface area (Å²) < 4.78 is 27.9. The van der Waals surface area contributed by atoms with Crippen LogP contribution in [-0.4, -0.2) is 42.8 Å². The minimum Gasteiger partial charge on any atom is -0.411 e. The third-order valence-corrected chi connectivity index (χ3v) is 4.67. The van der Waals surface area contributed by atoms with Crippen molar-refractivity contribution >= 4 is 15.9 Å². The lowest BCUT2D eigenvalue weighted by Gasteiger charge is -2.30. The van der Waals surface area contributed by atoms with Gasteiger partial charge in [-0.1, -0.05) is 12.1 Å². The molecule has 0 aromatic rings. The highest BCUT2D eigenvalue weighted by molar-refractivity contribution is 7.87. The van der Waals surface area contributed by atoms with Crippen LogP contribution in [0.15, 0.2) is 5.16 Å². The van der Waals surface area contributed by atoms with Gasteiger partial charge < -0.3 is 5.21 Å². The average Bonchev–Trinajstić information content (AvgIpc) is 3.01. The monoisotopic (exact) mass is 247 g/mol. The van der Waals surface area contributed by atoms with Crippen LogP contribution in [0.5, 0.6) is 0 Å². The maximum Gasteiger partial charge on any atom is 0.279 e. The van der Waals surface area contributed by atoms with Crippen LogP contribution in [0.3, 0.4) is 0 Å². The molecule has 1 saturated carbocycles. The molecule has 2 aliphatic rings. The molecule has 1 aliphatic carbocycles. The van der Waals surface area contributed by atoms with Crippen molar-refractivity contribution in [2.75, 3.05) is 13.1 Å². The van der Waals surface area contributed by atoms with Crippen molar-refractivity contribution in [3.63, 3.8) is 0 Å². The van der Waals surface area contributed by atoms with E-state index in [1.165, 1.54) is 4.31 Å². The fourth-order valence-corrected chi connectivity index (χ4v) is 3.40. The van der Waals surface area contributed by atoms with E-state index in [0.29, 0.717) is 25.2 Å². The molecule has 0 amide bonds. The minimum absolute atomic E-state index is 0.0190. The van der Waals surface area contributed by atoms with Crippen LogP contribution in [0.4, 0.5) is 0 Å². The Hall–Kier alpha value is -0.660. The number of nitrogens with zero attached hydrogens (tertiary/aromatic N) is 2. The van der Waals surface area contributed by atoms with Crippen molar-refractivity contribution in [3.8, 4) is 0 Å². The maximum absolute atomic E-state index is 11.9. The summed E-state index contributed by atoms with van der Waals surface area (Å²) in [5, 5.41) is 11.9. The van der Waals surface area contributed by atoms with Gasteiger partial charge in [0, 0.05) is 31.5 Å². The Labute approximate surface area is 95.5 Å². The Morgan fingerprint density at radius 2 is 2.19 bits per heavy atom. The van der Waals surface area contributed by atoms with E-state index in [9.17, 15) is 8.42 Å². The second-order valence-corrected chi connectivity index (χ2v) is 6.20. The lowest BCUT2D eigenvalue weighted by Crippen LogP contribution is -2.48. The molecule has 0 bridgehead atoms. The minimum atomic E-state index is -3.34. The first-order chi connectivity index (χ1) is 7.53. The zero-order chi connectivity index (χ0) is 11.8. The van der Waals surface area contributed by atoms with Crippen LogP contribution >= 0.6 is 0 Å². The number of hydrogen-bond donors (Lipinski definition) is 2. The number of piperidine rings is 1. The predicted octanol–water partition coefficient (Wildman–Crippen LogP) is 0.155. The molecule has 1 saturated heterocycles. The van der Waals surface area contributed by atoms with E-state index in [0.717, 1.165) is 12.8 Å². The summed E-state index contributed by atoms with van der Waals surface area (Å²) in [5.74, 6) is -0.0190. The fourth-order valence-electron chi connectivity index (χ4n) is 1.84. The standard InChI is InChI=1S/C9H17N3O3S/c1-7-6-12(5-4-9(7)10-13)16(14,15)11-8-2-3-8/h7-8,11,13H,2-6H2,1H3. The van der Waals surface area contributed by atoms with Crippen molar-refractivity contribution in [1.29, 1.82) is 0 Å². The van der Waals surface area contributed by atoms with Gasteiger partial charge in [0.25, 0.3) is 10.2 Å². The van der Waals surface area contributed by atoms with Gasteiger partial charge in [-0.05, 0) is 12.8 Å². The molecule has 92 valence electrons. The molecule has 1 unspecified atom stereocenters. The average molecular weight is 247 g/mol. The van der Waals surface area contributed by atoms with Gasteiger partial charge in [-0.15, -0.1) is 0 Å². The first-order valence-corrected chi connectivity index (χ1v) is 6.95. The molecule has 6 nitrogen and oxygen atoms in total. The van der Waals surface area contributed by atoms with Gasteiger partial charge in [-0.25, -0.2) is 0 Å². The molecule has 0 spiro atoms. The van der Waals surface area contributed by atoms with Gasteiger partial charge >= 0.3 is 0 Å². The molecule has 1 heterocycles. The molecule has 7 heteroatoms. The summed E-state index contributed by atoms with van der Waals surface area (Å²) >= 11 is 0. The number of rotatable bonds is 3. The summed E-state index contributed by atoms with van der Waals surface area (Å²) in [7, 11) is -3.34. The van der Waals surface area contributed by atoms with Gasteiger partial charge in [-0.2, -0.15) is 17.4 Å². The first kappa shape index (κ1) is 11.8. The second kappa shape index (κ2) is 4.31. The first-order valence-electron chi connectivity index (χ1n) is 5.51. The zero-order valence-electron chi connectivity index (χ0n) is 9.26. The van der Waals surface area contributed by atoms with Gasteiger partial charge in [0.15, 0.2) is 0 Å². The number of nitrogens with one attached hydrogen (secondary N) is 1. The van der Waals surface area contributed by atoms with E-state index in [4.69, 9.17) is 5.21 Å². The summed E-state index contributed by atoms with van der Waals surface area (Å²) in [6.45, 7) is 2.65. The molecule has 0 radical (unpaired) electrons. The quantitative estimate of drug-likeness (QED) is 0.550. The Balaban J connectivity index is 2.00. The summed E-state index contributed by atoms with van der Waals surface area (Å²) in [5.41, 5.74) is 0.679. The van der Waals surface area contributed by atoms with Crippen LogP contribution < -0.4 is 4.72 Å². The molecule has 1 aliphatic heterocycles. The molecule has 0 aromatic carbocycles.